The van der Waals surface area contributed by atoms with Gasteiger partial charge in [-0.25, -0.2) is 15.0 Å². The second-order valence-corrected chi connectivity index (χ2v) is 6.10. The predicted octanol–water partition coefficient (Wildman–Crippen LogP) is 2.83. The monoisotopic (exact) mass is 353 g/mol. The zero-order chi connectivity index (χ0) is 17.8. The van der Waals surface area contributed by atoms with Crippen molar-refractivity contribution in [1.82, 2.24) is 45.1 Å². The Balaban J connectivity index is 1.66. The minimum atomic E-state index is 0.647. The third-order valence-electron chi connectivity index (χ3n) is 4.66. The van der Waals surface area contributed by atoms with Gasteiger partial charge in [0.2, 0.25) is 0 Å². The van der Waals surface area contributed by atoms with Crippen LogP contribution in [0.25, 0.3) is 55.6 Å². The molecule has 27 heavy (non-hydrogen) atoms. The van der Waals surface area contributed by atoms with Crippen molar-refractivity contribution in [1.29, 1.82) is 0 Å². The first kappa shape index (κ1) is 14.1. The average molecular weight is 353 g/mol. The van der Waals surface area contributed by atoms with Crippen molar-refractivity contribution >= 4 is 33.1 Å². The van der Waals surface area contributed by atoms with Crippen LogP contribution >= 0.6 is 0 Å². The zero-order valence-corrected chi connectivity index (χ0v) is 13.8. The summed E-state index contributed by atoms with van der Waals surface area (Å²) in [5.41, 5.74) is 7.35. The van der Waals surface area contributed by atoms with Gasteiger partial charge in [-0.05, 0) is 12.1 Å². The number of pyridine rings is 3. The number of rotatable bonds is 2. The molecular formula is C18H11N9. The van der Waals surface area contributed by atoms with Crippen LogP contribution in [0.2, 0.25) is 0 Å². The molecule has 128 valence electrons. The Hall–Kier alpha value is -4.14. The van der Waals surface area contributed by atoms with Gasteiger partial charge in [-0.2, -0.15) is 5.10 Å². The number of nitrogens with one attached hydrogen (secondary N) is 3. The number of hydrogen-bond donors (Lipinski definition) is 3. The largest absolute Gasteiger partial charge is 0.344 e. The number of aromatic amines is 3. The summed E-state index contributed by atoms with van der Waals surface area (Å²) in [5, 5.41) is 8.24. The highest BCUT2D eigenvalue weighted by atomic mass is 15.1. The first-order chi connectivity index (χ1) is 13.4. The van der Waals surface area contributed by atoms with E-state index in [2.05, 4.69) is 40.1 Å². The summed E-state index contributed by atoms with van der Waals surface area (Å²) in [6.45, 7) is 0. The van der Waals surface area contributed by atoms with Crippen LogP contribution < -0.4 is 0 Å². The third-order valence-corrected chi connectivity index (χ3v) is 4.66. The molecule has 6 rings (SSSR count). The molecule has 0 saturated carbocycles. The normalized spacial score (nSPS) is 11.7. The van der Waals surface area contributed by atoms with Crippen LogP contribution in [-0.4, -0.2) is 45.1 Å². The highest BCUT2D eigenvalue weighted by Gasteiger charge is 2.18. The Morgan fingerprint density at radius 2 is 1.63 bits per heavy atom. The second-order valence-electron chi connectivity index (χ2n) is 6.10. The zero-order valence-electron chi connectivity index (χ0n) is 13.8. The molecule has 6 aromatic heterocycles. The smallest absolute Gasteiger partial charge is 0.178 e. The number of aromatic nitrogens is 9. The minimum Gasteiger partial charge on any atom is -0.344 e. The van der Waals surface area contributed by atoms with Crippen LogP contribution in [0.5, 0.6) is 0 Å². The summed E-state index contributed by atoms with van der Waals surface area (Å²) in [6, 6.07) is 3.81. The second kappa shape index (κ2) is 5.18. The van der Waals surface area contributed by atoms with E-state index in [4.69, 9.17) is 4.98 Å². The van der Waals surface area contributed by atoms with E-state index >= 15 is 0 Å². The Labute approximate surface area is 151 Å². The molecule has 0 bridgehead atoms. The maximum Gasteiger partial charge on any atom is 0.178 e. The lowest BCUT2D eigenvalue weighted by molar-refractivity contribution is 1.12. The van der Waals surface area contributed by atoms with Gasteiger partial charge in [-0.15, -0.1) is 0 Å². The molecule has 0 aliphatic carbocycles. The maximum atomic E-state index is 4.72. The van der Waals surface area contributed by atoms with Crippen molar-refractivity contribution in [3.63, 3.8) is 0 Å². The van der Waals surface area contributed by atoms with Crippen molar-refractivity contribution in [3.8, 4) is 22.5 Å². The van der Waals surface area contributed by atoms with Crippen molar-refractivity contribution in [3.05, 3.63) is 49.6 Å². The molecule has 0 aromatic carbocycles. The van der Waals surface area contributed by atoms with Crippen LogP contribution in [0, 0.1) is 0 Å². The van der Waals surface area contributed by atoms with Gasteiger partial charge in [0.15, 0.2) is 5.65 Å². The molecule has 0 spiro atoms. The molecular weight excluding hydrogens is 342 g/mol. The van der Waals surface area contributed by atoms with Gasteiger partial charge in [-0.1, -0.05) is 0 Å². The van der Waals surface area contributed by atoms with Crippen molar-refractivity contribution in [2.24, 2.45) is 0 Å². The van der Waals surface area contributed by atoms with E-state index in [0.29, 0.717) is 5.65 Å². The van der Waals surface area contributed by atoms with Crippen LogP contribution in [0.1, 0.15) is 0 Å². The van der Waals surface area contributed by atoms with Gasteiger partial charge in [0.25, 0.3) is 0 Å². The summed E-state index contributed by atoms with van der Waals surface area (Å²) in [4.78, 5) is 28.4. The third kappa shape index (κ3) is 1.93. The van der Waals surface area contributed by atoms with Crippen molar-refractivity contribution < 1.29 is 0 Å². The molecule has 0 aliphatic rings. The van der Waals surface area contributed by atoms with Crippen LogP contribution in [-0.2, 0) is 0 Å². The predicted molar refractivity (Wildman–Crippen MR) is 99.7 cm³/mol. The van der Waals surface area contributed by atoms with E-state index < -0.39 is 0 Å². The quantitative estimate of drug-likeness (QED) is 0.439. The molecule has 0 radical (unpaired) electrons. The van der Waals surface area contributed by atoms with Crippen molar-refractivity contribution in [2.45, 2.75) is 0 Å². The lowest BCUT2D eigenvalue weighted by atomic mass is 10.0. The molecule has 0 unspecified atom stereocenters. The Morgan fingerprint density at radius 3 is 2.63 bits per heavy atom. The summed E-state index contributed by atoms with van der Waals surface area (Å²) < 4.78 is 0. The molecule has 3 N–H and O–H groups in total. The van der Waals surface area contributed by atoms with Crippen LogP contribution in [0.4, 0.5) is 0 Å². The molecule has 0 aliphatic heterocycles. The number of nitrogens with zero attached hydrogens (tertiary/aromatic N) is 6. The van der Waals surface area contributed by atoms with E-state index in [1.54, 1.807) is 31.2 Å². The van der Waals surface area contributed by atoms with E-state index in [9.17, 15) is 0 Å². The standard InChI is InChI=1S/C18H11N9/c1-3-20-18-16(23-8-25-18)9(1)13-15-11(6-26-27-15)10(5-21-13)14-17-12(2-4-19-14)22-7-24-17/h1-8H,(H,22,24)(H,26,27)(H,20,23,25). The lowest BCUT2D eigenvalue weighted by Crippen LogP contribution is -1.93. The van der Waals surface area contributed by atoms with Gasteiger partial charge in [0, 0.05) is 35.1 Å². The summed E-state index contributed by atoms with van der Waals surface area (Å²) in [6.07, 6.45) is 10.4. The fourth-order valence-corrected chi connectivity index (χ4v) is 3.44. The van der Waals surface area contributed by atoms with Gasteiger partial charge in [0.1, 0.15) is 11.2 Å². The molecule has 0 amide bonds. The van der Waals surface area contributed by atoms with E-state index in [0.717, 1.165) is 50.0 Å². The number of fused-ring (bicyclic) bond motifs is 3. The SMILES string of the molecule is c1cc2[nH]cnc2c(-c2cnc(-c3ccnc4nc[nH]c34)c3[nH]ncc23)n1. The molecule has 0 atom stereocenters. The first-order valence-electron chi connectivity index (χ1n) is 8.29. The summed E-state index contributed by atoms with van der Waals surface area (Å²) in [5.74, 6) is 0. The maximum absolute atomic E-state index is 4.72. The molecule has 9 nitrogen and oxygen atoms in total. The number of hydrogen-bond acceptors (Lipinski definition) is 6. The summed E-state index contributed by atoms with van der Waals surface area (Å²) in [7, 11) is 0. The van der Waals surface area contributed by atoms with Gasteiger partial charge in [-0.3, -0.25) is 15.1 Å². The summed E-state index contributed by atoms with van der Waals surface area (Å²) >= 11 is 0. The van der Waals surface area contributed by atoms with Crippen LogP contribution in [0.3, 0.4) is 0 Å². The van der Waals surface area contributed by atoms with E-state index in [-0.39, 0.29) is 0 Å². The van der Waals surface area contributed by atoms with Crippen molar-refractivity contribution in [2.75, 3.05) is 0 Å². The highest BCUT2D eigenvalue weighted by molar-refractivity contribution is 6.06. The Bertz CT molecular complexity index is 1330. The molecule has 6 aromatic rings. The average Bonchev–Trinajstić information content (AvgIpc) is 3.46. The highest BCUT2D eigenvalue weighted by Crippen LogP contribution is 2.35. The fourth-order valence-electron chi connectivity index (χ4n) is 3.44. The first-order valence-corrected chi connectivity index (χ1v) is 8.29. The number of imidazole rings is 2. The Morgan fingerprint density at radius 1 is 0.704 bits per heavy atom. The van der Waals surface area contributed by atoms with Gasteiger partial charge < -0.3 is 9.97 Å². The molecule has 6 heterocycles. The minimum absolute atomic E-state index is 0.647. The Kier molecular flexibility index (Phi) is 2.70. The van der Waals surface area contributed by atoms with Gasteiger partial charge in [0.05, 0.1) is 41.1 Å². The van der Waals surface area contributed by atoms with E-state index in [1.165, 1.54) is 0 Å². The van der Waals surface area contributed by atoms with Gasteiger partial charge >= 0.3 is 0 Å². The molecule has 0 saturated heterocycles. The lowest BCUT2D eigenvalue weighted by Gasteiger charge is -2.07. The van der Waals surface area contributed by atoms with Crippen LogP contribution in [0.15, 0.2) is 49.6 Å². The molecule has 9 heteroatoms. The van der Waals surface area contributed by atoms with E-state index in [1.807, 2.05) is 18.3 Å². The number of H-pyrrole nitrogens is 3. The fraction of sp³-hybridized carbons (Fsp3) is 0. The molecule has 0 fully saturated rings. The topological polar surface area (TPSA) is 125 Å².